The molecule has 1 aliphatic heterocycles. The van der Waals surface area contributed by atoms with E-state index in [4.69, 9.17) is 4.74 Å². The van der Waals surface area contributed by atoms with E-state index in [1.807, 2.05) is 24.3 Å². The highest BCUT2D eigenvalue weighted by Crippen LogP contribution is 2.47. The zero-order valence-electron chi connectivity index (χ0n) is 16.8. The molecule has 0 fully saturated rings. The molecule has 0 aromatic heterocycles. The van der Waals surface area contributed by atoms with Gasteiger partial charge in [-0.3, -0.25) is 14.6 Å². The Labute approximate surface area is 174 Å². The van der Waals surface area contributed by atoms with Gasteiger partial charge in [0.2, 0.25) is 0 Å². The third-order valence-corrected chi connectivity index (χ3v) is 5.97. The maximum absolute atomic E-state index is 13.3. The minimum absolute atomic E-state index is 0.0232. The van der Waals surface area contributed by atoms with Gasteiger partial charge >= 0.3 is 5.97 Å². The Morgan fingerprint density at radius 3 is 2.47 bits per heavy atom. The summed E-state index contributed by atoms with van der Waals surface area (Å²) in [6.07, 6.45) is 0.855. The van der Waals surface area contributed by atoms with Crippen molar-refractivity contribution in [2.75, 3.05) is 7.11 Å². The summed E-state index contributed by atoms with van der Waals surface area (Å²) >= 11 is 0. The summed E-state index contributed by atoms with van der Waals surface area (Å²) in [5.74, 6) is -1.95. The second-order valence-electron chi connectivity index (χ2n) is 7.80. The topological polar surface area (TPSA) is 96.2 Å². The van der Waals surface area contributed by atoms with Crippen LogP contribution in [0.2, 0.25) is 0 Å². The lowest BCUT2D eigenvalue weighted by Crippen LogP contribution is -2.37. The van der Waals surface area contributed by atoms with Crippen molar-refractivity contribution in [3.8, 4) is 11.5 Å². The fraction of sp³-hybridized carbons (Fsp3) is 0.292. The fourth-order valence-electron chi connectivity index (χ4n) is 4.57. The minimum atomic E-state index is -1.03. The first-order valence-corrected chi connectivity index (χ1v) is 9.86. The molecule has 30 heavy (non-hydrogen) atoms. The van der Waals surface area contributed by atoms with Crippen LogP contribution in [0.15, 0.2) is 64.8 Å². The molecular weight excluding hydrogens is 382 g/mol. The largest absolute Gasteiger partial charge is 0.508 e. The maximum atomic E-state index is 13.3. The van der Waals surface area contributed by atoms with Crippen molar-refractivity contribution >= 4 is 17.5 Å². The number of carboxylic acid groups (broad SMARTS) is 1. The SMILES string of the molecule is COc1ccc(C2CC(=O)C3=C(C2)N=C(C)C(C(=O)O)C3c2cccc(O)c2)cc1. The molecule has 4 rings (SSSR count). The van der Waals surface area contributed by atoms with Crippen LogP contribution >= 0.6 is 0 Å². The number of phenols is 1. The molecule has 2 aromatic rings. The molecule has 0 spiro atoms. The van der Waals surface area contributed by atoms with Crippen LogP contribution in [0, 0.1) is 5.92 Å². The van der Waals surface area contributed by atoms with Crippen LogP contribution in [0.3, 0.4) is 0 Å². The van der Waals surface area contributed by atoms with Gasteiger partial charge in [-0.1, -0.05) is 24.3 Å². The van der Waals surface area contributed by atoms with E-state index in [-0.39, 0.29) is 17.5 Å². The predicted molar refractivity (Wildman–Crippen MR) is 112 cm³/mol. The Balaban J connectivity index is 1.77. The maximum Gasteiger partial charge on any atom is 0.313 e. The van der Waals surface area contributed by atoms with Crippen molar-refractivity contribution in [2.45, 2.75) is 31.6 Å². The van der Waals surface area contributed by atoms with E-state index < -0.39 is 17.8 Å². The number of rotatable bonds is 4. The highest BCUT2D eigenvalue weighted by atomic mass is 16.5. The molecule has 3 atom stereocenters. The zero-order chi connectivity index (χ0) is 21.4. The second-order valence-corrected chi connectivity index (χ2v) is 7.80. The highest BCUT2D eigenvalue weighted by Gasteiger charge is 2.44. The lowest BCUT2D eigenvalue weighted by molar-refractivity contribution is -0.139. The first-order valence-electron chi connectivity index (χ1n) is 9.86. The number of aromatic hydroxyl groups is 1. The summed E-state index contributed by atoms with van der Waals surface area (Å²) in [5, 5.41) is 19.8. The number of aliphatic imine (C=N–C) groups is 1. The number of allylic oxidation sites excluding steroid dienone is 2. The summed E-state index contributed by atoms with van der Waals surface area (Å²) in [6.45, 7) is 1.69. The molecule has 2 aliphatic rings. The molecular formula is C24H23NO5. The molecule has 0 radical (unpaired) electrons. The third-order valence-electron chi connectivity index (χ3n) is 5.97. The van der Waals surface area contributed by atoms with Gasteiger partial charge in [0, 0.05) is 29.3 Å². The lowest BCUT2D eigenvalue weighted by Gasteiger charge is -2.36. The molecule has 3 unspecified atom stereocenters. The quantitative estimate of drug-likeness (QED) is 0.800. The highest BCUT2D eigenvalue weighted by molar-refractivity contribution is 6.08. The van der Waals surface area contributed by atoms with Crippen LogP contribution in [0.5, 0.6) is 11.5 Å². The van der Waals surface area contributed by atoms with E-state index in [2.05, 4.69) is 4.99 Å². The Morgan fingerprint density at radius 1 is 1.10 bits per heavy atom. The molecule has 6 nitrogen and oxygen atoms in total. The van der Waals surface area contributed by atoms with Gasteiger partial charge in [-0.2, -0.15) is 0 Å². The number of carboxylic acids is 1. The number of ketones is 1. The van der Waals surface area contributed by atoms with Crippen LogP contribution in [-0.2, 0) is 9.59 Å². The number of hydrogen-bond donors (Lipinski definition) is 2. The first-order chi connectivity index (χ1) is 14.4. The summed E-state index contributed by atoms with van der Waals surface area (Å²) in [7, 11) is 1.61. The Bertz CT molecular complexity index is 1070. The van der Waals surface area contributed by atoms with Gasteiger partial charge in [0.25, 0.3) is 0 Å². The van der Waals surface area contributed by atoms with Crippen molar-refractivity contribution in [1.29, 1.82) is 0 Å². The van der Waals surface area contributed by atoms with Crippen molar-refractivity contribution in [3.63, 3.8) is 0 Å². The van der Waals surface area contributed by atoms with E-state index >= 15 is 0 Å². The summed E-state index contributed by atoms with van der Waals surface area (Å²) in [4.78, 5) is 29.9. The number of aliphatic carboxylic acids is 1. The van der Waals surface area contributed by atoms with Gasteiger partial charge in [0.1, 0.15) is 17.4 Å². The van der Waals surface area contributed by atoms with Crippen LogP contribution in [0.4, 0.5) is 0 Å². The van der Waals surface area contributed by atoms with Gasteiger partial charge in [0.15, 0.2) is 5.78 Å². The molecule has 2 N–H and O–H groups in total. The lowest BCUT2D eigenvalue weighted by atomic mass is 9.69. The van der Waals surface area contributed by atoms with Gasteiger partial charge in [-0.25, -0.2) is 0 Å². The Kier molecular flexibility index (Phi) is 5.16. The number of ether oxygens (including phenoxy) is 1. The number of Topliss-reactive ketones (excluding diaryl/α,β-unsaturated/α-hetero) is 1. The van der Waals surface area contributed by atoms with Gasteiger partial charge in [0.05, 0.1) is 7.11 Å². The van der Waals surface area contributed by atoms with Crippen LogP contribution < -0.4 is 4.74 Å². The molecule has 2 aromatic carbocycles. The van der Waals surface area contributed by atoms with Crippen LogP contribution in [-0.4, -0.2) is 34.8 Å². The average Bonchev–Trinajstić information content (AvgIpc) is 2.72. The average molecular weight is 405 g/mol. The van der Waals surface area contributed by atoms with Crippen LogP contribution in [0.1, 0.15) is 42.7 Å². The number of methoxy groups -OCH3 is 1. The number of hydrogen-bond acceptors (Lipinski definition) is 5. The van der Waals surface area contributed by atoms with Crippen molar-refractivity contribution in [1.82, 2.24) is 0 Å². The molecule has 1 heterocycles. The van der Waals surface area contributed by atoms with Crippen molar-refractivity contribution < 1.29 is 24.5 Å². The van der Waals surface area contributed by atoms with E-state index in [1.165, 1.54) is 12.1 Å². The molecule has 1 aliphatic carbocycles. The molecule has 0 saturated carbocycles. The zero-order valence-corrected chi connectivity index (χ0v) is 16.8. The monoisotopic (exact) mass is 405 g/mol. The molecule has 154 valence electrons. The van der Waals surface area contributed by atoms with Crippen molar-refractivity contribution in [3.05, 3.63) is 70.9 Å². The number of benzene rings is 2. The van der Waals surface area contributed by atoms with Crippen LogP contribution in [0.25, 0.3) is 0 Å². The van der Waals surface area contributed by atoms with Crippen molar-refractivity contribution in [2.24, 2.45) is 10.9 Å². The molecule has 0 amide bonds. The number of carbonyl (C=O) groups excluding carboxylic acids is 1. The fourth-order valence-corrected chi connectivity index (χ4v) is 4.57. The summed E-state index contributed by atoms with van der Waals surface area (Å²) in [6, 6.07) is 14.1. The smallest absolute Gasteiger partial charge is 0.313 e. The molecule has 6 heteroatoms. The third kappa shape index (κ3) is 3.49. The summed E-state index contributed by atoms with van der Waals surface area (Å²) in [5.41, 5.74) is 3.22. The van der Waals surface area contributed by atoms with Gasteiger partial charge in [-0.15, -0.1) is 0 Å². The van der Waals surface area contributed by atoms with Gasteiger partial charge < -0.3 is 14.9 Å². The van der Waals surface area contributed by atoms with Gasteiger partial charge in [-0.05, 0) is 54.7 Å². The molecule has 0 bridgehead atoms. The number of nitrogens with zero attached hydrogens (tertiary/aromatic N) is 1. The van der Waals surface area contributed by atoms with E-state index in [0.717, 1.165) is 11.3 Å². The number of carbonyl (C=O) groups is 2. The standard InChI is InChI=1S/C24H23NO5/c1-13-21(24(28)29)22(15-4-3-5-17(26)10-15)23-19(25-13)11-16(12-20(23)27)14-6-8-18(30-2)9-7-14/h3-10,16,21-22,26H,11-12H2,1-2H3,(H,28,29). The number of phenolic OH excluding ortho intramolecular Hbond substituents is 1. The molecule has 0 saturated heterocycles. The minimum Gasteiger partial charge on any atom is -0.508 e. The normalized spacial score (nSPS) is 23.6. The van der Waals surface area contributed by atoms with E-state index in [0.29, 0.717) is 35.4 Å². The first kappa shape index (κ1) is 19.9. The van der Waals surface area contributed by atoms with E-state index in [1.54, 1.807) is 26.2 Å². The van der Waals surface area contributed by atoms with E-state index in [9.17, 15) is 19.8 Å². The predicted octanol–water partition coefficient (Wildman–Crippen LogP) is 4.06. The summed E-state index contributed by atoms with van der Waals surface area (Å²) < 4.78 is 5.21. The Morgan fingerprint density at radius 2 is 1.83 bits per heavy atom. The second kappa shape index (κ2) is 7.78. The Hall–Kier alpha value is -3.41.